The van der Waals surface area contributed by atoms with Gasteiger partial charge in [0.1, 0.15) is 11.5 Å². The number of hydrogen-bond donors (Lipinski definition) is 2. The molecule has 0 saturated carbocycles. The van der Waals surface area contributed by atoms with E-state index in [1.807, 2.05) is 24.3 Å². The fraction of sp³-hybridized carbons (Fsp3) is 0.312. The topological polar surface area (TPSA) is 66.9 Å². The van der Waals surface area contributed by atoms with Gasteiger partial charge in [0, 0.05) is 12.7 Å². The average molecular weight is 284 g/mol. The van der Waals surface area contributed by atoms with E-state index in [1.165, 1.54) is 6.20 Å². The van der Waals surface area contributed by atoms with E-state index in [2.05, 4.69) is 41.4 Å². The summed E-state index contributed by atoms with van der Waals surface area (Å²) in [5.74, 6) is 0.294. The van der Waals surface area contributed by atoms with Gasteiger partial charge in [-0.3, -0.25) is 9.78 Å². The SMILES string of the molecule is CNc1cncc(C(=O)Nc2ccccc2C(C)(C)C)n1. The van der Waals surface area contributed by atoms with Crippen molar-refractivity contribution in [3.63, 3.8) is 0 Å². The lowest BCUT2D eigenvalue weighted by Crippen LogP contribution is -2.19. The molecule has 0 aliphatic rings. The molecule has 5 nitrogen and oxygen atoms in total. The summed E-state index contributed by atoms with van der Waals surface area (Å²) < 4.78 is 0. The van der Waals surface area contributed by atoms with E-state index in [9.17, 15) is 4.79 Å². The Morgan fingerprint density at radius 1 is 1.14 bits per heavy atom. The second-order valence-electron chi connectivity index (χ2n) is 5.79. The lowest BCUT2D eigenvalue weighted by molar-refractivity contribution is 0.102. The zero-order valence-corrected chi connectivity index (χ0v) is 12.8. The third-order valence-corrected chi connectivity index (χ3v) is 3.11. The number of para-hydroxylation sites is 1. The van der Waals surface area contributed by atoms with Crippen molar-refractivity contribution in [3.05, 3.63) is 47.9 Å². The van der Waals surface area contributed by atoms with Crippen LogP contribution in [0.1, 0.15) is 36.8 Å². The van der Waals surface area contributed by atoms with Crippen molar-refractivity contribution in [2.24, 2.45) is 0 Å². The molecule has 0 bridgehead atoms. The molecule has 0 spiro atoms. The largest absolute Gasteiger partial charge is 0.372 e. The van der Waals surface area contributed by atoms with E-state index in [1.54, 1.807) is 13.2 Å². The van der Waals surface area contributed by atoms with Crippen molar-refractivity contribution >= 4 is 17.4 Å². The van der Waals surface area contributed by atoms with Crippen LogP contribution in [0.5, 0.6) is 0 Å². The molecule has 2 aromatic rings. The molecule has 1 aromatic carbocycles. The zero-order chi connectivity index (χ0) is 15.5. The number of aromatic nitrogens is 2. The van der Waals surface area contributed by atoms with Crippen molar-refractivity contribution in [2.45, 2.75) is 26.2 Å². The van der Waals surface area contributed by atoms with Crippen LogP contribution in [0.4, 0.5) is 11.5 Å². The van der Waals surface area contributed by atoms with Crippen LogP contribution in [0.25, 0.3) is 0 Å². The Balaban J connectivity index is 2.28. The fourth-order valence-corrected chi connectivity index (χ4v) is 2.03. The fourth-order valence-electron chi connectivity index (χ4n) is 2.03. The van der Waals surface area contributed by atoms with Crippen molar-refractivity contribution in [1.82, 2.24) is 9.97 Å². The van der Waals surface area contributed by atoms with Crippen LogP contribution in [0.2, 0.25) is 0 Å². The number of carbonyl (C=O) groups is 1. The Bertz CT molecular complexity index is 647. The summed E-state index contributed by atoms with van der Waals surface area (Å²) >= 11 is 0. The van der Waals surface area contributed by atoms with Gasteiger partial charge in [-0.05, 0) is 17.0 Å². The molecular weight excluding hydrogens is 264 g/mol. The Kier molecular flexibility index (Phi) is 4.21. The maximum Gasteiger partial charge on any atom is 0.275 e. The Morgan fingerprint density at radius 3 is 2.52 bits per heavy atom. The van der Waals surface area contributed by atoms with Crippen molar-refractivity contribution < 1.29 is 4.79 Å². The van der Waals surface area contributed by atoms with Crippen LogP contribution >= 0.6 is 0 Å². The van der Waals surface area contributed by atoms with Crippen molar-refractivity contribution in [3.8, 4) is 0 Å². The monoisotopic (exact) mass is 284 g/mol. The molecule has 0 radical (unpaired) electrons. The van der Waals surface area contributed by atoms with Gasteiger partial charge in [0.2, 0.25) is 0 Å². The third-order valence-electron chi connectivity index (χ3n) is 3.11. The van der Waals surface area contributed by atoms with E-state index in [0.29, 0.717) is 5.82 Å². The highest BCUT2D eigenvalue weighted by Crippen LogP contribution is 2.29. The van der Waals surface area contributed by atoms with Gasteiger partial charge in [0.15, 0.2) is 0 Å². The number of benzene rings is 1. The number of hydrogen-bond acceptors (Lipinski definition) is 4. The highest BCUT2D eigenvalue weighted by Gasteiger charge is 2.19. The van der Waals surface area contributed by atoms with Crippen molar-refractivity contribution in [1.29, 1.82) is 0 Å². The summed E-state index contributed by atoms with van der Waals surface area (Å²) in [6, 6.07) is 7.79. The van der Waals surface area contributed by atoms with Crippen LogP contribution in [-0.2, 0) is 5.41 Å². The van der Waals surface area contributed by atoms with Gasteiger partial charge in [-0.25, -0.2) is 4.98 Å². The van der Waals surface area contributed by atoms with Gasteiger partial charge in [-0.15, -0.1) is 0 Å². The first-order valence-electron chi connectivity index (χ1n) is 6.82. The molecule has 21 heavy (non-hydrogen) atoms. The Hall–Kier alpha value is -2.43. The molecule has 1 amide bonds. The Labute approximate surface area is 124 Å². The van der Waals surface area contributed by atoms with Gasteiger partial charge < -0.3 is 10.6 Å². The number of rotatable bonds is 3. The van der Waals surface area contributed by atoms with Crippen LogP contribution in [-0.4, -0.2) is 22.9 Å². The predicted molar refractivity (Wildman–Crippen MR) is 84.7 cm³/mol. The van der Waals surface area contributed by atoms with E-state index in [0.717, 1.165) is 11.3 Å². The molecule has 0 aliphatic heterocycles. The summed E-state index contributed by atoms with van der Waals surface area (Å²) in [6.45, 7) is 6.33. The molecule has 0 atom stereocenters. The third kappa shape index (κ3) is 3.56. The molecule has 2 rings (SSSR count). The van der Waals surface area contributed by atoms with Gasteiger partial charge in [-0.1, -0.05) is 39.0 Å². The molecule has 0 fully saturated rings. The highest BCUT2D eigenvalue weighted by atomic mass is 16.1. The smallest absolute Gasteiger partial charge is 0.275 e. The summed E-state index contributed by atoms with van der Waals surface area (Å²) in [5.41, 5.74) is 2.11. The van der Waals surface area contributed by atoms with Crippen LogP contribution in [0.15, 0.2) is 36.7 Å². The first-order chi connectivity index (χ1) is 9.91. The van der Waals surface area contributed by atoms with Gasteiger partial charge >= 0.3 is 0 Å². The number of carbonyl (C=O) groups excluding carboxylic acids is 1. The first kappa shape index (κ1) is 15.0. The molecule has 1 heterocycles. The first-order valence-corrected chi connectivity index (χ1v) is 6.82. The zero-order valence-electron chi connectivity index (χ0n) is 12.8. The molecular formula is C16H20N4O. The maximum absolute atomic E-state index is 12.3. The molecule has 5 heteroatoms. The molecule has 1 aromatic heterocycles. The van der Waals surface area contributed by atoms with Gasteiger partial charge in [0.25, 0.3) is 5.91 Å². The standard InChI is InChI=1S/C16H20N4O/c1-16(2,3)11-7-5-6-8-12(11)20-15(21)13-9-18-10-14(17-4)19-13/h5-10H,1-4H3,(H,17,19)(H,20,21). The summed E-state index contributed by atoms with van der Waals surface area (Å²) in [5, 5.41) is 5.78. The van der Waals surface area contributed by atoms with Crippen molar-refractivity contribution in [2.75, 3.05) is 17.7 Å². The summed E-state index contributed by atoms with van der Waals surface area (Å²) in [7, 11) is 1.74. The van der Waals surface area contributed by atoms with Crippen LogP contribution < -0.4 is 10.6 Å². The summed E-state index contributed by atoms with van der Waals surface area (Å²) in [6.07, 6.45) is 3.02. The summed E-state index contributed by atoms with van der Waals surface area (Å²) in [4.78, 5) is 20.5. The average Bonchev–Trinajstić information content (AvgIpc) is 2.46. The number of nitrogens with zero attached hydrogens (tertiary/aromatic N) is 2. The van der Waals surface area contributed by atoms with Gasteiger partial charge in [0.05, 0.1) is 12.4 Å². The van der Waals surface area contributed by atoms with E-state index < -0.39 is 0 Å². The number of nitrogens with one attached hydrogen (secondary N) is 2. The minimum absolute atomic E-state index is 0.0532. The maximum atomic E-state index is 12.3. The van der Waals surface area contributed by atoms with Gasteiger partial charge in [-0.2, -0.15) is 0 Å². The number of anilines is 2. The second kappa shape index (κ2) is 5.91. The van der Waals surface area contributed by atoms with E-state index in [4.69, 9.17) is 0 Å². The quantitative estimate of drug-likeness (QED) is 0.909. The normalized spacial score (nSPS) is 11.0. The lowest BCUT2D eigenvalue weighted by Gasteiger charge is -2.22. The van der Waals surface area contributed by atoms with Crippen LogP contribution in [0.3, 0.4) is 0 Å². The van der Waals surface area contributed by atoms with E-state index in [-0.39, 0.29) is 17.0 Å². The minimum atomic E-state index is -0.267. The van der Waals surface area contributed by atoms with Crippen LogP contribution in [0, 0.1) is 0 Å². The molecule has 0 saturated heterocycles. The molecule has 0 aliphatic carbocycles. The Morgan fingerprint density at radius 2 is 1.86 bits per heavy atom. The lowest BCUT2D eigenvalue weighted by atomic mass is 9.86. The number of amides is 1. The highest BCUT2D eigenvalue weighted by molar-refractivity contribution is 6.03. The second-order valence-corrected chi connectivity index (χ2v) is 5.79. The molecule has 110 valence electrons. The molecule has 0 unspecified atom stereocenters. The van der Waals surface area contributed by atoms with E-state index >= 15 is 0 Å². The predicted octanol–water partition coefficient (Wildman–Crippen LogP) is 3.07. The molecule has 2 N–H and O–H groups in total. The minimum Gasteiger partial charge on any atom is -0.372 e.